The van der Waals surface area contributed by atoms with Crippen LogP contribution in [-0.4, -0.2) is 23.6 Å². The van der Waals surface area contributed by atoms with Crippen molar-refractivity contribution in [3.05, 3.63) is 0 Å². The van der Waals surface area contributed by atoms with E-state index in [1.165, 1.54) is 44.4 Å². The molecule has 0 amide bonds. The minimum Gasteiger partial charge on any atom is -0.313 e. The van der Waals surface area contributed by atoms with Crippen LogP contribution in [0.1, 0.15) is 46.0 Å². The molecule has 1 heterocycles. The molecule has 1 unspecified atom stereocenters. The molecular formula is C11H23NS. The molecule has 1 nitrogen and oxygen atoms in total. The molecule has 2 heteroatoms. The molecule has 0 aromatic rings. The van der Waals surface area contributed by atoms with Crippen molar-refractivity contribution in [2.45, 2.75) is 57.2 Å². The molecule has 0 aromatic heterocycles. The van der Waals surface area contributed by atoms with Crippen molar-refractivity contribution >= 4 is 11.8 Å². The van der Waals surface area contributed by atoms with E-state index in [-0.39, 0.29) is 0 Å². The summed E-state index contributed by atoms with van der Waals surface area (Å²) in [5.74, 6) is 1.38. The summed E-state index contributed by atoms with van der Waals surface area (Å²) in [7, 11) is 0. The largest absolute Gasteiger partial charge is 0.313 e. The van der Waals surface area contributed by atoms with Gasteiger partial charge in [0.05, 0.1) is 0 Å². The summed E-state index contributed by atoms with van der Waals surface area (Å²) >= 11 is 2.16. The topological polar surface area (TPSA) is 12.0 Å². The van der Waals surface area contributed by atoms with Crippen LogP contribution in [0.15, 0.2) is 0 Å². The van der Waals surface area contributed by atoms with E-state index in [0.29, 0.717) is 0 Å². The lowest BCUT2D eigenvalue weighted by atomic mass is 10.1. The Bertz CT molecular complexity index is 117. The van der Waals surface area contributed by atoms with Crippen LogP contribution in [0.3, 0.4) is 0 Å². The zero-order valence-electron chi connectivity index (χ0n) is 9.01. The smallest absolute Gasteiger partial charge is 0.0172 e. The molecule has 0 bridgehead atoms. The Hall–Kier alpha value is 0.310. The van der Waals surface area contributed by atoms with E-state index in [9.17, 15) is 0 Å². The molecule has 78 valence electrons. The van der Waals surface area contributed by atoms with E-state index in [4.69, 9.17) is 0 Å². The summed E-state index contributed by atoms with van der Waals surface area (Å²) in [4.78, 5) is 0. The molecule has 1 fully saturated rings. The lowest BCUT2D eigenvalue weighted by Gasteiger charge is -2.24. The Morgan fingerprint density at radius 1 is 1.31 bits per heavy atom. The first kappa shape index (κ1) is 11.4. The van der Waals surface area contributed by atoms with Gasteiger partial charge in [0, 0.05) is 17.8 Å². The third-order valence-electron chi connectivity index (χ3n) is 2.89. The van der Waals surface area contributed by atoms with Crippen LogP contribution >= 0.6 is 11.8 Å². The van der Waals surface area contributed by atoms with Gasteiger partial charge in [0.15, 0.2) is 0 Å². The fraction of sp³-hybridized carbons (Fsp3) is 1.00. The highest BCUT2D eigenvalue weighted by Crippen LogP contribution is 2.24. The van der Waals surface area contributed by atoms with Gasteiger partial charge >= 0.3 is 0 Å². The second-order valence-electron chi connectivity index (χ2n) is 3.91. The summed E-state index contributed by atoms with van der Waals surface area (Å²) in [6.45, 7) is 5.78. The molecule has 1 saturated heterocycles. The van der Waals surface area contributed by atoms with Gasteiger partial charge in [0.25, 0.3) is 0 Å². The summed E-state index contributed by atoms with van der Waals surface area (Å²) in [6.07, 6.45) is 6.86. The van der Waals surface area contributed by atoms with Crippen LogP contribution in [0.25, 0.3) is 0 Å². The lowest BCUT2D eigenvalue weighted by molar-refractivity contribution is 0.472. The normalized spacial score (nSPS) is 23.8. The summed E-state index contributed by atoms with van der Waals surface area (Å²) in [6, 6.07) is 0.752. The van der Waals surface area contributed by atoms with Crippen LogP contribution in [0.4, 0.5) is 0 Å². The maximum atomic E-state index is 3.67. The van der Waals surface area contributed by atoms with Crippen molar-refractivity contribution in [1.29, 1.82) is 0 Å². The highest BCUT2D eigenvalue weighted by atomic mass is 32.2. The third kappa shape index (κ3) is 4.37. The molecule has 1 N–H and O–H groups in total. The number of nitrogens with one attached hydrogen (secondary N) is 1. The Kier molecular flexibility index (Phi) is 5.88. The van der Waals surface area contributed by atoms with Gasteiger partial charge in [0.2, 0.25) is 0 Å². The van der Waals surface area contributed by atoms with Crippen molar-refractivity contribution in [3.63, 3.8) is 0 Å². The van der Waals surface area contributed by atoms with Gasteiger partial charge in [-0.15, -0.1) is 0 Å². The van der Waals surface area contributed by atoms with E-state index in [1.54, 1.807) is 0 Å². The highest BCUT2D eigenvalue weighted by molar-refractivity contribution is 7.99. The maximum Gasteiger partial charge on any atom is 0.0172 e. The number of rotatable bonds is 5. The van der Waals surface area contributed by atoms with Gasteiger partial charge in [-0.25, -0.2) is 0 Å². The molecule has 1 aliphatic rings. The first-order valence-corrected chi connectivity index (χ1v) is 6.76. The molecule has 0 saturated carbocycles. The van der Waals surface area contributed by atoms with Crippen LogP contribution in [0.2, 0.25) is 0 Å². The molecule has 1 atom stereocenters. The number of hydrogen-bond donors (Lipinski definition) is 1. The van der Waals surface area contributed by atoms with E-state index >= 15 is 0 Å². The summed E-state index contributed by atoms with van der Waals surface area (Å²) < 4.78 is 0. The average Bonchev–Trinajstić information content (AvgIpc) is 2.21. The second kappa shape index (κ2) is 6.72. The van der Waals surface area contributed by atoms with Crippen molar-refractivity contribution < 1.29 is 0 Å². The quantitative estimate of drug-likeness (QED) is 0.734. The SMILES string of the molecule is CCC(CC)NCC1CCCCS1. The first-order chi connectivity index (χ1) is 6.36. The molecule has 0 spiro atoms. The van der Waals surface area contributed by atoms with E-state index < -0.39 is 0 Å². The van der Waals surface area contributed by atoms with Gasteiger partial charge in [-0.05, 0) is 31.4 Å². The van der Waals surface area contributed by atoms with Gasteiger partial charge in [-0.1, -0.05) is 20.3 Å². The number of hydrogen-bond acceptors (Lipinski definition) is 2. The van der Waals surface area contributed by atoms with Gasteiger partial charge in [-0.3, -0.25) is 0 Å². The Morgan fingerprint density at radius 3 is 2.62 bits per heavy atom. The molecule has 1 rings (SSSR count). The molecule has 1 aliphatic heterocycles. The van der Waals surface area contributed by atoms with E-state index in [0.717, 1.165) is 11.3 Å². The Balaban J connectivity index is 2.09. The lowest BCUT2D eigenvalue weighted by Crippen LogP contribution is -2.34. The maximum absolute atomic E-state index is 3.67. The van der Waals surface area contributed by atoms with E-state index in [1.807, 2.05) is 0 Å². The fourth-order valence-electron chi connectivity index (χ4n) is 1.84. The first-order valence-electron chi connectivity index (χ1n) is 5.71. The van der Waals surface area contributed by atoms with Crippen molar-refractivity contribution in [3.8, 4) is 0 Å². The minimum atomic E-state index is 0.752. The van der Waals surface area contributed by atoms with Crippen molar-refractivity contribution in [2.75, 3.05) is 12.3 Å². The molecule has 0 radical (unpaired) electrons. The van der Waals surface area contributed by atoms with Crippen LogP contribution in [0.5, 0.6) is 0 Å². The van der Waals surface area contributed by atoms with Crippen molar-refractivity contribution in [1.82, 2.24) is 5.32 Å². The van der Waals surface area contributed by atoms with Gasteiger partial charge in [0.1, 0.15) is 0 Å². The summed E-state index contributed by atoms with van der Waals surface area (Å²) in [5.41, 5.74) is 0. The standard InChI is InChI=1S/C11H23NS/c1-3-10(4-2)12-9-11-7-5-6-8-13-11/h10-12H,3-9H2,1-2H3. The molecular weight excluding hydrogens is 178 g/mol. The Morgan fingerprint density at radius 2 is 2.08 bits per heavy atom. The van der Waals surface area contributed by atoms with Crippen LogP contribution in [-0.2, 0) is 0 Å². The number of thioether (sulfide) groups is 1. The predicted octanol–water partition coefficient (Wildman–Crippen LogP) is 3.05. The predicted molar refractivity (Wildman–Crippen MR) is 62.5 cm³/mol. The molecule has 0 aliphatic carbocycles. The van der Waals surface area contributed by atoms with Crippen molar-refractivity contribution in [2.24, 2.45) is 0 Å². The van der Waals surface area contributed by atoms with Gasteiger partial charge < -0.3 is 5.32 Å². The monoisotopic (exact) mass is 201 g/mol. The summed E-state index contributed by atoms with van der Waals surface area (Å²) in [5, 5.41) is 4.57. The zero-order chi connectivity index (χ0) is 9.52. The average molecular weight is 201 g/mol. The minimum absolute atomic E-state index is 0.752. The fourth-order valence-corrected chi connectivity index (χ4v) is 3.10. The zero-order valence-corrected chi connectivity index (χ0v) is 9.83. The molecule has 0 aromatic carbocycles. The Labute approximate surface area is 87.1 Å². The van der Waals surface area contributed by atoms with Crippen LogP contribution < -0.4 is 5.32 Å². The van der Waals surface area contributed by atoms with E-state index in [2.05, 4.69) is 30.9 Å². The highest BCUT2D eigenvalue weighted by Gasteiger charge is 2.14. The third-order valence-corrected chi connectivity index (χ3v) is 4.29. The second-order valence-corrected chi connectivity index (χ2v) is 5.32. The van der Waals surface area contributed by atoms with Crippen LogP contribution in [0, 0.1) is 0 Å². The molecule has 13 heavy (non-hydrogen) atoms. The van der Waals surface area contributed by atoms with Gasteiger partial charge in [-0.2, -0.15) is 11.8 Å².